The van der Waals surface area contributed by atoms with E-state index in [1.807, 2.05) is 0 Å². The predicted octanol–water partition coefficient (Wildman–Crippen LogP) is 10.9. The maximum atomic E-state index is 10.0. The molecule has 0 bridgehead atoms. The van der Waals surface area contributed by atoms with Gasteiger partial charge in [0, 0.05) is 47.8 Å². The average molecular weight is 1560 g/mol. The van der Waals surface area contributed by atoms with Crippen molar-refractivity contribution >= 4 is 67.8 Å². The number of hydrogen-bond acceptors (Lipinski definition) is 20. The fourth-order valence-corrected chi connectivity index (χ4v) is 9.81. The van der Waals surface area contributed by atoms with E-state index in [-0.39, 0.29) is 51.4 Å². The van der Waals surface area contributed by atoms with Gasteiger partial charge in [0.2, 0.25) is 0 Å². The number of carbonyl (C=O) groups excluding carboxylic acids is 8. The van der Waals surface area contributed by atoms with Crippen LogP contribution < -0.4 is 51.0 Å². The van der Waals surface area contributed by atoms with Gasteiger partial charge in [-0.1, -0.05) is 364 Å². The molecule has 0 amide bonds. The molecule has 101 heavy (non-hydrogen) atoms. The molecule has 0 aliphatic heterocycles. The van der Waals surface area contributed by atoms with Gasteiger partial charge in [-0.15, -0.1) is 0 Å². The van der Waals surface area contributed by atoms with Crippen LogP contribution >= 0.6 is 0 Å². The standard InChI is InChI=1S/8C10H20O2.4O.Sb/c8*1-2-3-4-5-6-7-8-9-10(11)12;;;;;/h8*2-9H2,1H3,(H,11,12);;;;;/q;;;;;;;;;3*-1;/p-8. The molecule has 20 nitrogen and oxygen atoms in total. The summed E-state index contributed by atoms with van der Waals surface area (Å²) in [6.45, 7) is 17.5. The molecule has 0 saturated heterocycles. The van der Waals surface area contributed by atoms with E-state index in [2.05, 4.69) is 55.4 Å². The van der Waals surface area contributed by atoms with Gasteiger partial charge >= 0.3 is 33.2 Å². The minimum absolute atomic E-state index is 0.230. The third-order valence-corrected chi connectivity index (χ3v) is 15.9. The summed E-state index contributed by atoms with van der Waals surface area (Å²) in [5, 5.41) is 80.2. The number of rotatable bonds is 64. The fourth-order valence-electron chi connectivity index (χ4n) is 9.81. The molecule has 0 aromatic carbocycles. The van der Waals surface area contributed by atoms with Crippen LogP contribution in [0.15, 0.2) is 0 Å². The number of carbonyl (C=O) groups is 8. The zero-order valence-electron chi connectivity index (χ0n) is 65.9. The molecule has 0 unspecified atom stereocenters. The molecular formula is C80H152O20Sb-11. The van der Waals surface area contributed by atoms with Crippen molar-refractivity contribution in [1.29, 1.82) is 0 Å². The molecule has 0 radical (unpaired) electrons. The number of carboxylic acids is 8. The number of unbranched alkanes of at least 4 members (excludes halogenated alkanes) is 48. The van der Waals surface area contributed by atoms with Crippen LogP contribution in [0.1, 0.15) is 466 Å². The first kappa shape index (κ1) is 116. The molecule has 0 N–H and O–H groups in total. The molecule has 0 aliphatic rings. The Kier molecular flexibility index (Phi) is 123. The Balaban J connectivity index is -0.000000135. The van der Waals surface area contributed by atoms with Gasteiger partial charge in [-0.05, 0) is 103 Å². The van der Waals surface area contributed by atoms with Crippen LogP contribution in [0.5, 0.6) is 0 Å². The van der Waals surface area contributed by atoms with Crippen molar-refractivity contribution in [1.82, 2.24) is 0 Å². The maximum absolute atomic E-state index is 10.0. The topological polar surface area (TPSA) is 407 Å². The van der Waals surface area contributed by atoms with E-state index in [0.717, 1.165) is 103 Å². The molecular weight excluding hydrogens is 1400 g/mol. The van der Waals surface area contributed by atoms with Crippen molar-refractivity contribution in [3.63, 3.8) is 0 Å². The van der Waals surface area contributed by atoms with Gasteiger partial charge in [0.15, 0.2) is 0 Å². The quantitative estimate of drug-likeness (QED) is 0.0403. The Bertz CT molecular complexity index is 1380. The van der Waals surface area contributed by atoms with E-state index in [9.17, 15) is 79.2 Å². The monoisotopic (exact) mass is 1550 g/mol. The summed E-state index contributed by atoms with van der Waals surface area (Å²) in [5.41, 5.74) is 0. The van der Waals surface area contributed by atoms with E-state index in [1.54, 1.807) is 0 Å². The molecule has 0 aromatic rings. The number of carboxylic acid groups (broad SMARTS) is 8. The van der Waals surface area contributed by atoms with Gasteiger partial charge in [-0.25, -0.2) is 0 Å². The summed E-state index contributed by atoms with van der Waals surface area (Å²) >= 11 is -6.10. The third kappa shape index (κ3) is 184. The van der Waals surface area contributed by atoms with Crippen LogP contribution in [0, 0.1) is 0 Å². The van der Waals surface area contributed by atoms with Crippen LogP contribution in [0.3, 0.4) is 0 Å². The van der Waals surface area contributed by atoms with E-state index in [1.165, 1.54) is 257 Å². The first-order valence-electron chi connectivity index (χ1n) is 40.5. The van der Waals surface area contributed by atoms with Crippen LogP contribution in [-0.4, -0.2) is 67.8 Å². The van der Waals surface area contributed by atoms with Gasteiger partial charge < -0.3 is 79.2 Å². The molecule has 0 heterocycles. The van der Waals surface area contributed by atoms with Crippen molar-refractivity contribution in [3.8, 4) is 0 Å². The van der Waals surface area contributed by atoms with Gasteiger partial charge in [0.05, 0.1) is 0 Å². The van der Waals surface area contributed by atoms with Crippen molar-refractivity contribution < 1.29 is 92.4 Å². The zero-order chi connectivity index (χ0) is 78.4. The van der Waals surface area contributed by atoms with Crippen LogP contribution in [0.4, 0.5) is 0 Å². The Labute approximate surface area is 623 Å². The van der Waals surface area contributed by atoms with Gasteiger partial charge in [0.25, 0.3) is 0 Å². The fraction of sp³-hybridized carbons (Fsp3) is 0.900. The molecule has 608 valence electrons. The summed E-state index contributed by atoms with van der Waals surface area (Å²) in [6.07, 6.45) is 66.7. The van der Waals surface area contributed by atoms with E-state index >= 15 is 0 Å². The summed E-state index contributed by atoms with van der Waals surface area (Å²) in [4.78, 5) is 80.2. The summed E-state index contributed by atoms with van der Waals surface area (Å²) < 4.78 is 34.6. The average Bonchev–Trinajstić information content (AvgIpc) is 3.65. The van der Waals surface area contributed by atoms with Crippen molar-refractivity contribution in [2.45, 2.75) is 466 Å². The SMILES string of the molecule is CCCCCCCCCC(=O)[O-].CCCCCCCCCC(=O)[O-].CCCCCCCCCC(=O)[O-].CCCCCCCCCC(=O)[O-].CCCCCCCCCC(=O)[O-].CCCCCCCCCC(=O)[O-].CCCCCCCCCC(=O)[O-].CCCCCCCCCC(=O)[O-].[O]=[Sb]([O-])([O-])[O-]. The molecule has 0 spiro atoms. The van der Waals surface area contributed by atoms with E-state index < -0.39 is 67.8 Å². The molecule has 0 aromatic heterocycles. The zero-order valence-corrected chi connectivity index (χ0v) is 68.4. The van der Waals surface area contributed by atoms with Crippen LogP contribution in [0.2, 0.25) is 0 Å². The Hall–Kier alpha value is -3.74. The second-order valence-corrected chi connectivity index (χ2v) is 28.9. The normalized spacial score (nSPS) is 10.2. The number of aliphatic carboxylic acids is 8. The Morgan fingerprint density at radius 2 is 0.218 bits per heavy atom. The summed E-state index contributed by atoms with van der Waals surface area (Å²) in [6, 6.07) is 0. The Morgan fingerprint density at radius 1 is 0.158 bits per heavy atom. The molecule has 0 atom stereocenters. The number of hydrogen-bond donors (Lipinski definition) is 0. The molecule has 0 rings (SSSR count). The summed E-state index contributed by atoms with van der Waals surface area (Å²) in [5.74, 6) is -7.31. The first-order valence-corrected chi connectivity index (χ1v) is 44.7. The first-order chi connectivity index (χ1) is 48.2. The molecule has 0 fully saturated rings. The predicted molar refractivity (Wildman–Crippen MR) is 387 cm³/mol. The van der Waals surface area contributed by atoms with E-state index in [0.29, 0.717) is 0 Å². The molecule has 21 heteroatoms. The Morgan fingerprint density at radius 3 is 0.277 bits per heavy atom. The van der Waals surface area contributed by atoms with Crippen molar-refractivity contribution in [3.05, 3.63) is 0 Å². The molecule has 0 aliphatic carbocycles. The second kappa shape index (κ2) is 107. The summed E-state index contributed by atoms with van der Waals surface area (Å²) in [7, 11) is 0. The van der Waals surface area contributed by atoms with Gasteiger partial charge in [0.1, 0.15) is 0 Å². The van der Waals surface area contributed by atoms with Crippen LogP contribution in [-0.2, 0) is 41.4 Å². The third-order valence-electron chi connectivity index (χ3n) is 15.9. The molecule has 0 saturated carbocycles. The second-order valence-electron chi connectivity index (χ2n) is 26.4. The van der Waals surface area contributed by atoms with Gasteiger partial charge in [-0.3, -0.25) is 0 Å². The van der Waals surface area contributed by atoms with Gasteiger partial charge in [-0.2, -0.15) is 0 Å². The van der Waals surface area contributed by atoms with Crippen LogP contribution in [0.25, 0.3) is 0 Å². The minimum atomic E-state index is -6.10. The van der Waals surface area contributed by atoms with Crippen molar-refractivity contribution in [2.75, 3.05) is 0 Å². The van der Waals surface area contributed by atoms with E-state index in [4.69, 9.17) is 13.2 Å². The van der Waals surface area contributed by atoms with Crippen molar-refractivity contribution in [2.24, 2.45) is 0 Å².